The maximum atomic E-state index is 13.8. The van der Waals surface area contributed by atoms with Gasteiger partial charge in [0.25, 0.3) is 5.91 Å². The first-order valence-electron chi connectivity index (χ1n) is 12.4. The summed E-state index contributed by atoms with van der Waals surface area (Å²) in [4.78, 5) is 41.4. The number of nitrogens with zero attached hydrogens (tertiary/aromatic N) is 1. The quantitative estimate of drug-likeness (QED) is 0.407. The van der Waals surface area contributed by atoms with Gasteiger partial charge in [0.15, 0.2) is 0 Å². The number of aliphatic hydroxyl groups excluding tert-OH is 1. The van der Waals surface area contributed by atoms with Gasteiger partial charge in [0, 0.05) is 17.3 Å². The molecular weight excluding hydrogens is 486 g/mol. The number of carbonyl (C=O) groups excluding carboxylic acids is 3. The Kier molecular flexibility index (Phi) is 10.7. The molecule has 0 radical (unpaired) electrons. The van der Waals surface area contributed by atoms with E-state index in [0.29, 0.717) is 29.0 Å². The van der Waals surface area contributed by atoms with Crippen LogP contribution < -0.4 is 15.4 Å². The minimum atomic E-state index is -1.33. The smallest absolute Gasteiger partial charge is 0.408 e. The average molecular weight is 524 g/mol. The fourth-order valence-electron chi connectivity index (χ4n) is 3.70. The zero-order valence-electron chi connectivity index (χ0n) is 22.8. The number of hydrogen-bond acceptors (Lipinski definition) is 6. The summed E-state index contributed by atoms with van der Waals surface area (Å²) < 4.78 is 10.4. The van der Waals surface area contributed by atoms with E-state index in [-0.39, 0.29) is 0 Å². The van der Waals surface area contributed by atoms with Gasteiger partial charge in [0.05, 0.1) is 13.7 Å². The highest BCUT2D eigenvalue weighted by atomic mass is 16.6. The van der Waals surface area contributed by atoms with Crippen LogP contribution in [0.5, 0.6) is 5.75 Å². The largest absolute Gasteiger partial charge is 0.497 e. The van der Waals surface area contributed by atoms with Crippen LogP contribution in [-0.2, 0) is 14.3 Å². The second-order valence-electron chi connectivity index (χ2n) is 9.77. The second-order valence-corrected chi connectivity index (χ2v) is 9.77. The number of anilines is 1. The van der Waals surface area contributed by atoms with E-state index in [9.17, 15) is 19.5 Å². The van der Waals surface area contributed by atoms with Gasteiger partial charge >= 0.3 is 6.09 Å². The highest BCUT2D eigenvalue weighted by Gasteiger charge is 2.38. The predicted molar refractivity (Wildman–Crippen MR) is 146 cm³/mol. The first-order valence-corrected chi connectivity index (χ1v) is 12.4. The molecule has 204 valence electrons. The van der Waals surface area contributed by atoms with E-state index in [1.54, 1.807) is 83.3 Å². The molecule has 2 aromatic rings. The molecule has 38 heavy (non-hydrogen) atoms. The number of rotatable bonds is 10. The standard InChI is InChI=1S/C29H37N3O6/c1-8-19(3)32(27(35)24(18-33)31-28(36)38-29(4,5)6)25(21-12-10-20(9-2)11-13-21)26(34)30-22-14-16-23(37-7)17-15-22/h2,10-17,19,24-25,33H,8,18H2,1,3-7H3,(H,30,34)(H,31,36). The summed E-state index contributed by atoms with van der Waals surface area (Å²) in [5.41, 5.74) is 0.827. The van der Waals surface area contributed by atoms with Gasteiger partial charge in [-0.15, -0.1) is 6.42 Å². The van der Waals surface area contributed by atoms with Crippen molar-refractivity contribution in [2.24, 2.45) is 0 Å². The Morgan fingerprint density at radius 1 is 1.08 bits per heavy atom. The minimum absolute atomic E-state index is 0.434. The van der Waals surface area contributed by atoms with Crippen LogP contribution in [0, 0.1) is 12.3 Å². The molecule has 0 saturated heterocycles. The summed E-state index contributed by atoms with van der Waals surface area (Å²) in [7, 11) is 1.54. The number of carbonyl (C=O) groups is 3. The lowest BCUT2D eigenvalue weighted by Gasteiger charge is -2.38. The molecule has 0 heterocycles. The van der Waals surface area contributed by atoms with Crippen LogP contribution >= 0.6 is 0 Å². The molecule has 3 N–H and O–H groups in total. The normalized spacial score (nSPS) is 13.3. The third-order valence-corrected chi connectivity index (χ3v) is 5.77. The van der Waals surface area contributed by atoms with Crippen molar-refractivity contribution < 1.29 is 29.0 Å². The van der Waals surface area contributed by atoms with Gasteiger partial charge in [-0.1, -0.05) is 25.0 Å². The average Bonchev–Trinajstić information content (AvgIpc) is 2.89. The fraction of sp³-hybridized carbons (Fsp3) is 0.414. The monoisotopic (exact) mass is 523 g/mol. The number of ether oxygens (including phenoxy) is 2. The molecule has 0 saturated carbocycles. The van der Waals surface area contributed by atoms with Crippen molar-refractivity contribution in [3.63, 3.8) is 0 Å². The number of aliphatic hydroxyl groups is 1. The zero-order valence-corrected chi connectivity index (χ0v) is 22.8. The van der Waals surface area contributed by atoms with Crippen LogP contribution in [0.25, 0.3) is 0 Å². The number of nitrogens with one attached hydrogen (secondary N) is 2. The molecule has 2 rings (SSSR count). The van der Waals surface area contributed by atoms with Crippen LogP contribution in [-0.4, -0.2) is 59.3 Å². The fourth-order valence-corrected chi connectivity index (χ4v) is 3.70. The second kappa shape index (κ2) is 13.5. The van der Waals surface area contributed by atoms with Crippen molar-refractivity contribution >= 4 is 23.6 Å². The first-order chi connectivity index (χ1) is 17.9. The van der Waals surface area contributed by atoms with Crippen LogP contribution in [0.1, 0.15) is 58.2 Å². The Bertz CT molecular complexity index is 1130. The summed E-state index contributed by atoms with van der Waals surface area (Å²) >= 11 is 0. The van der Waals surface area contributed by atoms with E-state index >= 15 is 0 Å². The molecule has 0 fully saturated rings. The van der Waals surface area contributed by atoms with E-state index in [0.717, 1.165) is 0 Å². The molecule has 9 heteroatoms. The molecule has 0 aliphatic rings. The van der Waals surface area contributed by atoms with Crippen molar-refractivity contribution in [2.45, 2.75) is 64.8 Å². The maximum absolute atomic E-state index is 13.8. The SMILES string of the molecule is C#Cc1ccc(C(C(=O)Nc2ccc(OC)cc2)N(C(=O)C(CO)NC(=O)OC(C)(C)C)C(C)CC)cc1. The number of methoxy groups -OCH3 is 1. The highest BCUT2D eigenvalue weighted by Crippen LogP contribution is 2.28. The molecule has 0 aliphatic heterocycles. The van der Waals surface area contributed by atoms with Gasteiger partial charge in [-0.25, -0.2) is 4.79 Å². The minimum Gasteiger partial charge on any atom is -0.497 e. The Labute approximate surface area is 224 Å². The van der Waals surface area contributed by atoms with Crippen molar-refractivity contribution in [3.8, 4) is 18.1 Å². The predicted octanol–water partition coefficient (Wildman–Crippen LogP) is 3.87. The van der Waals surface area contributed by atoms with Gasteiger partial charge in [-0.3, -0.25) is 9.59 Å². The van der Waals surface area contributed by atoms with Crippen LogP contribution in [0.2, 0.25) is 0 Å². The van der Waals surface area contributed by atoms with E-state index in [2.05, 4.69) is 16.6 Å². The molecule has 2 aromatic carbocycles. The first kappa shape index (κ1) is 30.2. The van der Waals surface area contributed by atoms with Gasteiger partial charge in [0.1, 0.15) is 23.4 Å². The van der Waals surface area contributed by atoms with Gasteiger partial charge < -0.3 is 30.1 Å². The van der Waals surface area contributed by atoms with Gasteiger partial charge in [0.2, 0.25) is 5.91 Å². The van der Waals surface area contributed by atoms with Crippen molar-refractivity contribution in [2.75, 3.05) is 19.0 Å². The van der Waals surface area contributed by atoms with E-state index < -0.39 is 48.2 Å². The molecule has 0 aromatic heterocycles. The molecule has 0 aliphatic carbocycles. The Balaban J connectivity index is 2.50. The molecular formula is C29H37N3O6. The van der Waals surface area contributed by atoms with E-state index in [4.69, 9.17) is 15.9 Å². The lowest BCUT2D eigenvalue weighted by atomic mass is 9.99. The topological polar surface area (TPSA) is 117 Å². The maximum Gasteiger partial charge on any atom is 0.408 e. The van der Waals surface area contributed by atoms with Crippen molar-refractivity contribution in [1.82, 2.24) is 10.2 Å². The van der Waals surface area contributed by atoms with Crippen molar-refractivity contribution in [3.05, 3.63) is 59.7 Å². The van der Waals surface area contributed by atoms with Crippen LogP contribution in [0.4, 0.5) is 10.5 Å². The summed E-state index contributed by atoms with van der Waals surface area (Å²) in [6, 6.07) is 10.7. The Hall–Kier alpha value is -4.03. The van der Waals surface area contributed by atoms with Crippen LogP contribution in [0.3, 0.4) is 0 Å². The molecule has 0 bridgehead atoms. The lowest BCUT2D eigenvalue weighted by molar-refractivity contribution is -0.144. The lowest BCUT2D eigenvalue weighted by Crippen LogP contribution is -2.56. The molecule has 3 unspecified atom stereocenters. The molecule has 3 atom stereocenters. The van der Waals surface area contributed by atoms with Crippen LogP contribution in [0.15, 0.2) is 48.5 Å². The molecule has 3 amide bonds. The van der Waals surface area contributed by atoms with Gasteiger partial charge in [-0.05, 0) is 76.1 Å². The van der Waals surface area contributed by atoms with E-state index in [1.165, 1.54) is 4.90 Å². The summed E-state index contributed by atoms with van der Waals surface area (Å²) in [6.45, 7) is 8.05. The number of terminal acetylenes is 1. The molecule has 0 spiro atoms. The summed E-state index contributed by atoms with van der Waals surface area (Å²) in [5, 5.41) is 15.3. The summed E-state index contributed by atoms with van der Waals surface area (Å²) in [6.07, 6.45) is 5.15. The Morgan fingerprint density at radius 2 is 1.68 bits per heavy atom. The number of hydrogen-bond donors (Lipinski definition) is 3. The number of alkyl carbamates (subject to hydrolysis) is 1. The zero-order chi connectivity index (χ0) is 28.5. The van der Waals surface area contributed by atoms with E-state index in [1.807, 2.05) is 6.92 Å². The van der Waals surface area contributed by atoms with Crippen molar-refractivity contribution in [1.29, 1.82) is 0 Å². The Morgan fingerprint density at radius 3 is 2.16 bits per heavy atom. The number of benzene rings is 2. The third kappa shape index (κ3) is 8.25. The number of amides is 3. The molecule has 9 nitrogen and oxygen atoms in total. The summed E-state index contributed by atoms with van der Waals surface area (Å²) in [5.74, 6) is 2.05. The van der Waals surface area contributed by atoms with Gasteiger partial charge in [-0.2, -0.15) is 0 Å². The third-order valence-electron chi connectivity index (χ3n) is 5.77. The highest BCUT2D eigenvalue weighted by molar-refractivity contribution is 5.99.